The Balaban J connectivity index is 1.70. The molecule has 3 aromatic rings. The van der Waals surface area contributed by atoms with Gasteiger partial charge in [-0.15, -0.1) is 5.10 Å². The first-order valence-corrected chi connectivity index (χ1v) is 8.40. The summed E-state index contributed by atoms with van der Waals surface area (Å²) in [5.74, 6) is 2.37. The number of aromatic nitrogens is 6. The topological polar surface area (TPSA) is 82.5 Å². The minimum Gasteiger partial charge on any atom is -0.338 e. The van der Waals surface area contributed by atoms with Crippen molar-refractivity contribution in [3.05, 3.63) is 41.5 Å². The Morgan fingerprint density at radius 3 is 2.96 bits per heavy atom. The summed E-state index contributed by atoms with van der Waals surface area (Å²) >= 11 is 1.47. The SMILES string of the molecule is Cc1cccc(-n2nnnc2SCc2nc(CC(C)C)no2)c1. The van der Waals surface area contributed by atoms with Gasteiger partial charge in [0.25, 0.3) is 0 Å². The molecule has 0 aliphatic rings. The molecule has 8 heteroatoms. The second-order valence-corrected chi connectivity index (χ2v) is 6.65. The average molecular weight is 330 g/mol. The molecule has 0 spiro atoms. The van der Waals surface area contributed by atoms with Crippen LogP contribution >= 0.6 is 11.8 Å². The van der Waals surface area contributed by atoms with E-state index in [0.717, 1.165) is 23.5 Å². The van der Waals surface area contributed by atoms with Crippen LogP contribution in [0.3, 0.4) is 0 Å². The predicted molar refractivity (Wildman–Crippen MR) is 86.3 cm³/mol. The normalized spacial score (nSPS) is 11.3. The zero-order chi connectivity index (χ0) is 16.2. The third-order valence-electron chi connectivity index (χ3n) is 3.11. The highest BCUT2D eigenvalue weighted by atomic mass is 32.2. The third-order valence-corrected chi connectivity index (χ3v) is 4.02. The van der Waals surface area contributed by atoms with Gasteiger partial charge < -0.3 is 4.52 Å². The summed E-state index contributed by atoms with van der Waals surface area (Å²) in [5, 5.41) is 16.6. The molecule has 0 amide bonds. The molecule has 1 aromatic carbocycles. The summed E-state index contributed by atoms with van der Waals surface area (Å²) in [6.07, 6.45) is 0.815. The van der Waals surface area contributed by atoms with E-state index in [9.17, 15) is 0 Å². The van der Waals surface area contributed by atoms with Crippen molar-refractivity contribution in [3.8, 4) is 5.69 Å². The molecule has 0 bridgehead atoms. The van der Waals surface area contributed by atoms with Crippen LogP contribution in [0.25, 0.3) is 5.69 Å². The number of thioether (sulfide) groups is 1. The van der Waals surface area contributed by atoms with Crippen molar-refractivity contribution in [2.75, 3.05) is 0 Å². The van der Waals surface area contributed by atoms with Gasteiger partial charge >= 0.3 is 0 Å². The molecule has 3 rings (SSSR count). The highest BCUT2D eigenvalue weighted by Gasteiger charge is 2.13. The molecule has 0 radical (unpaired) electrons. The second-order valence-electron chi connectivity index (χ2n) is 5.70. The smallest absolute Gasteiger partial charge is 0.237 e. The molecular formula is C15H18N6OS. The maximum absolute atomic E-state index is 5.27. The number of rotatable bonds is 6. The molecule has 0 aliphatic heterocycles. The molecule has 0 saturated heterocycles. The van der Waals surface area contributed by atoms with E-state index in [4.69, 9.17) is 4.52 Å². The molecule has 2 aromatic heterocycles. The number of tetrazole rings is 1. The van der Waals surface area contributed by atoms with E-state index in [1.807, 2.05) is 31.2 Å². The summed E-state index contributed by atoms with van der Waals surface area (Å²) in [5.41, 5.74) is 2.09. The molecule has 0 N–H and O–H groups in total. The Morgan fingerprint density at radius 1 is 1.30 bits per heavy atom. The zero-order valence-corrected chi connectivity index (χ0v) is 14.1. The number of nitrogens with zero attached hydrogens (tertiary/aromatic N) is 6. The molecule has 7 nitrogen and oxygen atoms in total. The first-order chi connectivity index (χ1) is 11.1. The molecule has 2 heterocycles. The van der Waals surface area contributed by atoms with E-state index in [-0.39, 0.29) is 0 Å². The van der Waals surface area contributed by atoms with Crippen LogP contribution in [0.4, 0.5) is 0 Å². The maximum atomic E-state index is 5.27. The van der Waals surface area contributed by atoms with Crippen molar-refractivity contribution < 1.29 is 4.52 Å². The highest BCUT2D eigenvalue weighted by Crippen LogP contribution is 2.22. The molecule has 0 atom stereocenters. The Bertz CT molecular complexity index is 782. The molecule has 0 aliphatic carbocycles. The Labute approximate surface area is 138 Å². The van der Waals surface area contributed by atoms with Gasteiger partial charge in [0.1, 0.15) is 0 Å². The highest BCUT2D eigenvalue weighted by molar-refractivity contribution is 7.98. The number of aryl methyl sites for hydroxylation is 1. The standard InChI is InChI=1S/C15H18N6OS/c1-10(2)7-13-16-14(22-18-13)9-23-15-17-19-20-21(15)12-6-4-5-11(3)8-12/h4-6,8,10H,7,9H2,1-3H3. The van der Waals surface area contributed by atoms with Crippen LogP contribution in [0.2, 0.25) is 0 Å². The minimum absolute atomic E-state index is 0.502. The molecule has 23 heavy (non-hydrogen) atoms. The van der Waals surface area contributed by atoms with Gasteiger partial charge in [-0.3, -0.25) is 0 Å². The third kappa shape index (κ3) is 3.95. The monoisotopic (exact) mass is 330 g/mol. The van der Waals surface area contributed by atoms with E-state index < -0.39 is 0 Å². The quantitative estimate of drug-likeness (QED) is 0.643. The van der Waals surface area contributed by atoms with Gasteiger partial charge in [0, 0.05) is 6.42 Å². The second kappa shape index (κ2) is 6.91. The van der Waals surface area contributed by atoms with Crippen molar-refractivity contribution >= 4 is 11.8 Å². The lowest BCUT2D eigenvalue weighted by molar-refractivity contribution is 0.382. The number of hydrogen-bond acceptors (Lipinski definition) is 7. The van der Waals surface area contributed by atoms with Crippen LogP contribution in [-0.2, 0) is 12.2 Å². The fraction of sp³-hybridized carbons (Fsp3) is 0.400. The van der Waals surface area contributed by atoms with Crippen LogP contribution in [0.1, 0.15) is 31.1 Å². The average Bonchev–Trinajstić information content (AvgIpc) is 3.13. The summed E-state index contributed by atoms with van der Waals surface area (Å²) in [6, 6.07) is 8.03. The lowest BCUT2D eigenvalue weighted by Crippen LogP contribution is -1.99. The lowest BCUT2D eigenvalue weighted by atomic mass is 10.1. The van der Waals surface area contributed by atoms with Gasteiger partial charge in [0.2, 0.25) is 11.0 Å². The Kier molecular flexibility index (Phi) is 4.71. The van der Waals surface area contributed by atoms with E-state index >= 15 is 0 Å². The van der Waals surface area contributed by atoms with Gasteiger partial charge in [-0.25, -0.2) is 0 Å². The van der Waals surface area contributed by atoms with Crippen molar-refractivity contribution in [2.45, 2.75) is 38.1 Å². The molecule has 120 valence electrons. The zero-order valence-electron chi connectivity index (χ0n) is 13.3. The van der Waals surface area contributed by atoms with Crippen molar-refractivity contribution in [2.24, 2.45) is 5.92 Å². The van der Waals surface area contributed by atoms with Gasteiger partial charge in [0.15, 0.2) is 5.82 Å². The fourth-order valence-electron chi connectivity index (χ4n) is 2.11. The summed E-state index contributed by atoms with van der Waals surface area (Å²) in [4.78, 5) is 4.39. The van der Waals surface area contributed by atoms with Crippen LogP contribution in [-0.4, -0.2) is 30.3 Å². The summed E-state index contributed by atoms with van der Waals surface area (Å²) in [6.45, 7) is 6.29. The van der Waals surface area contributed by atoms with E-state index in [0.29, 0.717) is 22.7 Å². The van der Waals surface area contributed by atoms with Gasteiger partial charge in [-0.2, -0.15) is 9.67 Å². The van der Waals surface area contributed by atoms with Gasteiger partial charge in [0.05, 0.1) is 11.4 Å². The van der Waals surface area contributed by atoms with Crippen LogP contribution in [0.5, 0.6) is 0 Å². The van der Waals surface area contributed by atoms with Crippen LogP contribution in [0.15, 0.2) is 33.9 Å². The lowest BCUT2D eigenvalue weighted by Gasteiger charge is -2.03. The molecule has 0 saturated carbocycles. The summed E-state index contributed by atoms with van der Waals surface area (Å²) < 4.78 is 6.98. The van der Waals surface area contributed by atoms with Gasteiger partial charge in [-0.05, 0) is 41.0 Å². The van der Waals surface area contributed by atoms with E-state index in [1.54, 1.807) is 4.68 Å². The molecule has 0 fully saturated rings. The number of benzene rings is 1. The van der Waals surface area contributed by atoms with E-state index in [2.05, 4.69) is 39.5 Å². The number of hydrogen-bond donors (Lipinski definition) is 0. The van der Waals surface area contributed by atoms with Crippen molar-refractivity contribution in [1.82, 2.24) is 30.3 Å². The maximum Gasteiger partial charge on any atom is 0.237 e. The first-order valence-electron chi connectivity index (χ1n) is 7.41. The predicted octanol–water partition coefficient (Wildman–Crippen LogP) is 2.84. The van der Waals surface area contributed by atoms with Crippen molar-refractivity contribution in [3.63, 3.8) is 0 Å². The molecule has 0 unspecified atom stereocenters. The van der Waals surface area contributed by atoms with Crippen LogP contribution in [0, 0.1) is 12.8 Å². The molecular weight excluding hydrogens is 312 g/mol. The first kappa shape index (κ1) is 15.7. The summed E-state index contributed by atoms with van der Waals surface area (Å²) in [7, 11) is 0. The largest absolute Gasteiger partial charge is 0.338 e. The van der Waals surface area contributed by atoms with E-state index in [1.165, 1.54) is 11.8 Å². The van der Waals surface area contributed by atoms with Gasteiger partial charge in [-0.1, -0.05) is 42.9 Å². The fourth-order valence-corrected chi connectivity index (χ4v) is 2.84. The van der Waals surface area contributed by atoms with Crippen molar-refractivity contribution in [1.29, 1.82) is 0 Å². The Morgan fingerprint density at radius 2 is 2.17 bits per heavy atom. The Hall–Kier alpha value is -2.22. The van der Waals surface area contributed by atoms with Crippen LogP contribution < -0.4 is 0 Å². The minimum atomic E-state index is 0.502.